The zero-order valence-electron chi connectivity index (χ0n) is 10.8. The molecule has 1 saturated heterocycles. The Morgan fingerprint density at radius 2 is 1.71 bits per heavy atom. The standard InChI is InChI=1S/C13H21N3O/c1-13(2,3)10-8-14-12(15-9-10)16-6-4-11(17)5-7-16/h8-9,11,17H,4-7H2,1-3H3. The quantitative estimate of drug-likeness (QED) is 0.805. The summed E-state index contributed by atoms with van der Waals surface area (Å²) in [7, 11) is 0. The lowest BCUT2D eigenvalue weighted by Gasteiger charge is -2.29. The zero-order chi connectivity index (χ0) is 12.5. The number of nitrogens with zero attached hydrogens (tertiary/aromatic N) is 3. The van der Waals surface area contributed by atoms with Crippen molar-refractivity contribution < 1.29 is 5.11 Å². The monoisotopic (exact) mass is 235 g/mol. The molecule has 4 heteroatoms. The Morgan fingerprint density at radius 3 is 2.18 bits per heavy atom. The predicted molar refractivity (Wildman–Crippen MR) is 68.2 cm³/mol. The number of aliphatic hydroxyl groups is 1. The highest BCUT2D eigenvalue weighted by Gasteiger charge is 2.20. The molecule has 4 nitrogen and oxygen atoms in total. The lowest BCUT2D eigenvalue weighted by molar-refractivity contribution is 0.145. The zero-order valence-corrected chi connectivity index (χ0v) is 10.8. The SMILES string of the molecule is CC(C)(C)c1cnc(N2CCC(O)CC2)nc1. The number of hydrogen-bond acceptors (Lipinski definition) is 4. The van der Waals surface area contributed by atoms with Crippen molar-refractivity contribution in [3.05, 3.63) is 18.0 Å². The second-order valence-electron chi connectivity index (χ2n) is 5.74. The van der Waals surface area contributed by atoms with Crippen LogP contribution in [-0.4, -0.2) is 34.3 Å². The molecule has 1 aromatic rings. The van der Waals surface area contributed by atoms with Crippen molar-refractivity contribution in [2.45, 2.75) is 45.1 Å². The van der Waals surface area contributed by atoms with Gasteiger partial charge in [-0.2, -0.15) is 0 Å². The fraction of sp³-hybridized carbons (Fsp3) is 0.692. The molecule has 0 saturated carbocycles. The third-order valence-electron chi connectivity index (χ3n) is 3.25. The van der Waals surface area contributed by atoms with Gasteiger partial charge in [0.15, 0.2) is 0 Å². The van der Waals surface area contributed by atoms with Gasteiger partial charge in [0, 0.05) is 25.5 Å². The van der Waals surface area contributed by atoms with Gasteiger partial charge in [-0.15, -0.1) is 0 Å². The normalized spacial score (nSPS) is 18.5. The molecule has 0 unspecified atom stereocenters. The molecule has 2 heterocycles. The minimum atomic E-state index is -0.153. The molecular weight excluding hydrogens is 214 g/mol. The molecule has 17 heavy (non-hydrogen) atoms. The Hall–Kier alpha value is -1.16. The van der Waals surface area contributed by atoms with Crippen LogP contribution in [0.4, 0.5) is 5.95 Å². The van der Waals surface area contributed by atoms with E-state index in [1.54, 1.807) is 0 Å². The molecule has 2 rings (SSSR count). The van der Waals surface area contributed by atoms with E-state index in [4.69, 9.17) is 0 Å². The summed E-state index contributed by atoms with van der Waals surface area (Å²) >= 11 is 0. The molecule has 94 valence electrons. The molecule has 0 spiro atoms. The van der Waals surface area contributed by atoms with Gasteiger partial charge in [0.05, 0.1) is 6.10 Å². The van der Waals surface area contributed by atoms with Crippen molar-refractivity contribution in [1.82, 2.24) is 9.97 Å². The average molecular weight is 235 g/mol. The Labute approximate surface area is 103 Å². The summed E-state index contributed by atoms with van der Waals surface area (Å²) in [6.07, 6.45) is 5.29. The van der Waals surface area contributed by atoms with Crippen LogP contribution in [0.2, 0.25) is 0 Å². The maximum Gasteiger partial charge on any atom is 0.225 e. The Bertz CT molecular complexity index is 361. The van der Waals surface area contributed by atoms with Crippen LogP contribution in [0.15, 0.2) is 12.4 Å². The molecule has 0 bridgehead atoms. The highest BCUT2D eigenvalue weighted by Crippen LogP contribution is 2.22. The van der Waals surface area contributed by atoms with E-state index < -0.39 is 0 Å². The highest BCUT2D eigenvalue weighted by molar-refractivity contribution is 5.31. The van der Waals surface area contributed by atoms with Crippen molar-refractivity contribution >= 4 is 5.95 Å². The lowest BCUT2D eigenvalue weighted by Crippen LogP contribution is -2.36. The van der Waals surface area contributed by atoms with E-state index in [2.05, 4.69) is 35.6 Å². The second kappa shape index (κ2) is 4.61. The summed E-state index contributed by atoms with van der Waals surface area (Å²) in [5, 5.41) is 9.46. The van der Waals surface area contributed by atoms with Gasteiger partial charge < -0.3 is 10.0 Å². The number of rotatable bonds is 1. The largest absolute Gasteiger partial charge is 0.393 e. The van der Waals surface area contributed by atoms with Crippen LogP contribution in [-0.2, 0) is 5.41 Å². The van der Waals surface area contributed by atoms with Crippen LogP contribution in [0.5, 0.6) is 0 Å². The van der Waals surface area contributed by atoms with Crippen molar-refractivity contribution in [1.29, 1.82) is 0 Å². The predicted octanol–water partition coefficient (Wildman–Crippen LogP) is 1.74. The number of piperidine rings is 1. The molecule has 1 N–H and O–H groups in total. The van der Waals surface area contributed by atoms with Gasteiger partial charge in [-0.3, -0.25) is 0 Å². The number of aliphatic hydroxyl groups excluding tert-OH is 1. The van der Waals surface area contributed by atoms with Crippen LogP contribution in [0, 0.1) is 0 Å². The number of anilines is 1. The Kier molecular flexibility index (Phi) is 3.33. The van der Waals surface area contributed by atoms with Crippen LogP contribution in [0.25, 0.3) is 0 Å². The van der Waals surface area contributed by atoms with Crippen LogP contribution in [0.1, 0.15) is 39.2 Å². The van der Waals surface area contributed by atoms with Gasteiger partial charge >= 0.3 is 0 Å². The van der Waals surface area contributed by atoms with Gasteiger partial charge in [0.1, 0.15) is 0 Å². The summed E-state index contributed by atoms with van der Waals surface area (Å²) in [5.41, 5.74) is 1.25. The number of hydrogen-bond donors (Lipinski definition) is 1. The lowest BCUT2D eigenvalue weighted by atomic mass is 9.89. The van der Waals surface area contributed by atoms with E-state index in [1.165, 1.54) is 0 Å². The first-order chi connectivity index (χ1) is 7.97. The van der Waals surface area contributed by atoms with Crippen molar-refractivity contribution in [3.8, 4) is 0 Å². The van der Waals surface area contributed by atoms with Crippen molar-refractivity contribution in [2.75, 3.05) is 18.0 Å². The third-order valence-corrected chi connectivity index (χ3v) is 3.25. The van der Waals surface area contributed by atoms with E-state index in [1.807, 2.05) is 12.4 Å². The minimum absolute atomic E-state index is 0.0939. The maximum atomic E-state index is 9.46. The first-order valence-electron chi connectivity index (χ1n) is 6.22. The molecule has 0 aliphatic carbocycles. The summed E-state index contributed by atoms with van der Waals surface area (Å²) in [6, 6.07) is 0. The summed E-state index contributed by atoms with van der Waals surface area (Å²) < 4.78 is 0. The fourth-order valence-corrected chi connectivity index (χ4v) is 1.94. The molecule has 0 radical (unpaired) electrons. The van der Waals surface area contributed by atoms with Gasteiger partial charge in [-0.05, 0) is 23.8 Å². The summed E-state index contributed by atoms with van der Waals surface area (Å²) in [6.45, 7) is 8.15. The van der Waals surface area contributed by atoms with E-state index in [9.17, 15) is 5.11 Å². The van der Waals surface area contributed by atoms with Gasteiger partial charge in [0.25, 0.3) is 0 Å². The fourth-order valence-electron chi connectivity index (χ4n) is 1.94. The second-order valence-corrected chi connectivity index (χ2v) is 5.74. The first kappa shape index (κ1) is 12.3. The van der Waals surface area contributed by atoms with Crippen LogP contribution < -0.4 is 4.90 Å². The van der Waals surface area contributed by atoms with Gasteiger partial charge in [-0.25, -0.2) is 9.97 Å². The smallest absolute Gasteiger partial charge is 0.225 e. The average Bonchev–Trinajstić information content (AvgIpc) is 2.29. The van der Waals surface area contributed by atoms with Gasteiger partial charge in [-0.1, -0.05) is 20.8 Å². The molecule has 0 amide bonds. The van der Waals surface area contributed by atoms with Gasteiger partial charge in [0.2, 0.25) is 5.95 Å². The van der Waals surface area contributed by atoms with E-state index in [0.29, 0.717) is 0 Å². The molecule has 1 fully saturated rings. The molecular formula is C13H21N3O. The minimum Gasteiger partial charge on any atom is -0.393 e. The Morgan fingerprint density at radius 1 is 1.18 bits per heavy atom. The summed E-state index contributed by atoms with van der Waals surface area (Å²) in [4.78, 5) is 11.0. The Balaban J connectivity index is 2.08. The topological polar surface area (TPSA) is 49.2 Å². The first-order valence-corrected chi connectivity index (χ1v) is 6.22. The van der Waals surface area contributed by atoms with Crippen LogP contribution >= 0.6 is 0 Å². The number of aromatic nitrogens is 2. The summed E-state index contributed by atoms with van der Waals surface area (Å²) in [5.74, 6) is 0.782. The van der Waals surface area contributed by atoms with Crippen LogP contribution in [0.3, 0.4) is 0 Å². The molecule has 1 aliphatic rings. The highest BCUT2D eigenvalue weighted by atomic mass is 16.3. The third kappa shape index (κ3) is 2.94. The molecule has 0 atom stereocenters. The maximum absolute atomic E-state index is 9.46. The molecule has 1 aromatic heterocycles. The van der Waals surface area contributed by atoms with E-state index in [-0.39, 0.29) is 11.5 Å². The molecule has 0 aromatic carbocycles. The van der Waals surface area contributed by atoms with E-state index in [0.717, 1.165) is 37.4 Å². The molecule has 1 aliphatic heterocycles. The van der Waals surface area contributed by atoms with Crippen molar-refractivity contribution in [2.24, 2.45) is 0 Å². The van der Waals surface area contributed by atoms with E-state index >= 15 is 0 Å². The van der Waals surface area contributed by atoms with Crippen molar-refractivity contribution in [3.63, 3.8) is 0 Å².